The SMILES string of the molecule is C=CCCC(COC(=O)CC(=C)c1cc2c(o1)C(=O)c1ccccc1C2=C)OC(C)=O. The number of benzene rings is 1. The van der Waals surface area contributed by atoms with Gasteiger partial charge in [-0.15, -0.1) is 6.58 Å². The van der Waals surface area contributed by atoms with Crippen molar-refractivity contribution in [3.05, 3.63) is 84.4 Å². The number of carbonyl (C=O) groups excluding carboxylic acids is 3. The zero-order valence-electron chi connectivity index (χ0n) is 17.4. The summed E-state index contributed by atoms with van der Waals surface area (Å²) < 4.78 is 16.1. The van der Waals surface area contributed by atoms with Crippen LogP contribution in [0.15, 0.2) is 60.6 Å². The van der Waals surface area contributed by atoms with Gasteiger partial charge in [-0.3, -0.25) is 14.4 Å². The molecule has 0 N–H and O–H groups in total. The van der Waals surface area contributed by atoms with Gasteiger partial charge in [-0.05, 0) is 35.6 Å². The topological polar surface area (TPSA) is 82.8 Å². The summed E-state index contributed by atoms with van der Waals surface area (Å²) in [4.78, 5) is 36.2. The monoisotopic (exact) mass is 420 g/mol. The van der Waals surface area contributed by atoms with Gasteiger partial charge < -0.3 is 13.9 Å². The molecule has 0 saturated heterocycles. The van der Waals surface area contributed by atoms with E-state index in [4.69, 9.17) is 13.9 Å². The molecule has 1 atom stereocenters. The van der Waals surface area contributed by atoms with Crippen LogP contribution >= 0.6 is 0 Å². The molecule has 0 fully saturated rings. The van der Waals surface area contributed by atoms with Gasteiger partial charge in [0, 0.05) is 18.1 Å². The quantitative estimate of drug-likeness (QED) is 0.368. The highest BCUT2D eigenvalue weighted by atomic mass is 16.6. The largest absolute Gasteiger partial charge is 0.461 e. The van der Waals surface area contributed by atoms with Crippen LogP contribution in [0, 0.1) is 0 Å². The molecule has 0 radical (unpaired) electrons. The third-order valence-corrected chi connectivity index (χ3v) is 4.92. The molecular weight excluding hydrogens is 396 g/mol. The molecule has 1 aliphatic rings. The molecule has 6 heteroatoms. The van der Waals surface area contributed by atoms with Gasteiger partial charge in [-0.25, -0.2) is 0 Å². The highest BCUT2D eigenvalue weighted by molar-refractivity contribution is 6.17. The standard InChI is InChI=1S/C25H24O6/c1-5-6-9-18(30-17(4)26)14-29-23(27)12-15(2)22-13-21-16(3)19-10-7-8-11-20(19)24(28)25(21)31-22/h5,7-8,10-11,13,18H,1-3,6,9,12,14H2,4H3. The average molecular weight is 420 g/mol. The zero-order chi connectivity index (χ0) is 22.5. The number of rotatable bonds is 9. The van der Waals surface area contributed by atoms with Crippen LogP contribution in [0.1, 0.15) is 59.2 Å². The summed E-state index contributed by atoms with van der Waals surface area (Å²) in [5.41, 5.74) is 2.93. The molecule has 0 bridgehead atoms. The molecule has 3 rings (SSSR count). The maximum absolute atomic E-state index is 12.8. The van der Waals surface area contributed by atoms with Crippen molar-refractivity contribution in [2.75, 3.05) is 6.61 Å². The maximum atomic E-state index is 12.8. The van der Waals surface area contributed by atoms with Crippen molar-refractivity contribution < 1.29 is 28.3 Å². The minimum Gasteiger partial charge on any atom is -0.461 e. The maximum Gasteiger partial charge on any atom is 0.310 e. The number of ketones is 1. The van der Waals surface area contributed by atoms with Gasteiger partial charge in [0.1, 0.15) is 18.5 Å². The number of allylic oxidation sites excluding steroid dienone is 1. The second kappa shape index (κ2) is 9.43. The number of fused-ring (bicyclic) bond motifs is 2. The molecule has 0 amide bonds. The molecule has 1 unspecified atom stereocenters. The fraction of sp³-hybridized carbons (Fsp3) is 0.240. The molecule has 2 aromatic rings. The highest BCUT2D eigenvalue weighted by Crippen LogP contribution is 2.38. The average Bonchev–Trinajstić information content (AvgIpc) is 3.20. The predicted molar refractivity (Wildman–Crippen MR) is 116 cm³/mol. The zero-order valence-corrected chi connectivity index (χ0v) is 17.4. The number of hydrogen-bond acceptors (Lipinski definition) is 6. The van der Waals surface area contributed by atoms with Gasteiger partial charge in [0.25, 0.3) is 0 Å². The second-order valence-electron chi connectivity index (χ2n) is 7.27. The van der Waals surface area contributed by atoms with Gasteiger partial charge in [-0.2, -0.15) is 0 Å². The van der Waals surface area contributed by atoms with Crippen LogP contribution in [-0.4, -0.2) is 30.4 Å². The van der Waals surface area contributed by atoms with E-state index in [1.165, 1.54) is 6.92 Å². The van der Waals surface area contributed by atoms with E-state index >= 15 is 0 Å². The Morgan fingerprint density at radius 3 is 2.58 bits per heavy atom. The van der Waals surface area contributed by atoms with E-state index in [1.54, 1.807) is 24.3 Å². The van der Waals surface area contributed by atoms with E-state index in [1.807, 2.05) is 12.1 Å². The van der Waals surface area contributed by atoms with Crippen LogP contribution in [0.2, 0.25) is 0 Å². The smallest absolute Gasteiger partial charge is 0.310 e. The van der Waals surface area contributed by atoms with E-state index in [-0.39, 0.29) is 24.6 Å². The van der Waals surface area contributed by atoms with Crippen LogP contribution in [0.3, 0.4) is 0 Å². The molecule has 31 heavy (non-hydrogen) atoms. The van der Waals surface area contributed by atoms with Gasteiger partial charge >= 0.3 is 11.9 Å². The molecule has 1 heterocycles. The first-order chi connectivity index (χ1) is 14.8. The Bertz CT molecular complexity index is 1020. The van der Waals surface area contributed by atoms with Gasteiger partial charge in [0.05, 0.1) is 6.42 Å². The highest BCUT2D eigenvalue weighted by Gasteiger charge is 2.30. The predicted octanol–water partition coefficient (Wildman–Crippen LogP) is 4.73. The lowest BCUT2D eigenvalue weighted by atomic mass is 9.86. The summed E-state index contributed by atoms with van der Waals surface area (Å²) in [6, 6.07) is 8.87. The molecular formula is C25H24O6. The molecule has 1 aliphatic carbocycles. The first-order valence-corrected chi connectivity index (χ1v) is 9.91. The van der Waals surface area contributed by atoms with Crippen molar-refractivity contribution in [1.82, 2.24) is 0 Å². The molecule has 6 nitrogen and oxygen atoms in total. The lowest BCUT2D eigenvalue weighted by Gasteiger charge is -2.16. The normalized spacial score (nSPS) is 13.1. The number of carbonyl (C=O) groups is 3. The first-order valence-electron chi connectivity index (χ1n) is 9.91. The summed E-state index contributed by atoms with van der Waals surface area (Å²) in [5, 5.41) is 0. The fourth-order valence-corrected chi connectivity index (χ4v) is 3.38. The Labute approximate surface area is 180 Å². The van der Waals surface area contributed by atoms with E-state index in [9.17, 15) is 14.4 Å². The lowest BCUT2D eigenvalue weighted by Crippen LogP contribution is -2.24. The van der Waals surface area contributed by atoms with Crippen LogP contribution in [0.4, 0.5) is 0 Å². The summed E-state index contributed by atoms with van der Waals surface area (Å²) in [7, 11) is 0. The van der Waals surface area contributed by atoms with Crippen molar-refractivity contribution >= 4 is 28.9 Å². The summed E-state index contributed by atoms with van der Waals surface area (Å²) >= 11 is 0. The van der Waals surface area contributed by atoms with Crippen molar-refractivity contribution in [2.24, 2.45) is 0 Å². The second-order valence-corrected chi connectivity index (χ2v) is 7.27. The van der Waals surface area contributed by atoms with E-state index in [0.29, 0.717) is 40.9 Å². The Kier molecular flexibility index (Phi) is 6.70. The van der Waals surface area contributed by atoms with Gasteiger partial charge in [0.15, 0.2) is 5.76 Å². The van der Waals surface area contributed by atoms with E-state index < -0.39 is 18.0 Å². The van der Waals surface area contributed by atoms with Gasteiger partial charge in [-0.1, -0.05) is 43.5 Å². The molecule has 0 saturated carbocycles. The minimum absolute atomic E-state index is 0.0568. The molecule has 1 aromatic heterocycles. The Balaban J connectivity index is 1.66. The first kappa shape index (κ1) is 22.0. The van der Waals surface area contributed by atoms with Crippen LogP contribution in [0.5, 0.6) is 0 Å². The third-order valence-electron chi connectivity index (χ3n) is 4.92. The molecule has 0 aliphatic heterocycles. The number of esters is 2. The lowest BCUT2D eigenvalue weighted by molar-refractivity contribution is -0.157. The van der Waals surface area contributed by atoms with Crippen molar-refractivity contribution in [1.29, 1.82) is 0 Å². The fourth-order valence-electron chi connectivity index (χ4n) is 3.38. The molecule has 160 valence electrons. The van der Waals surface area contributed by atoms with Crippen LogP contribution in [0.25, 0.3) is 11.1 Å². The minimum atomic E-state index is -0.539. The Morgan fingerprint density at radius 2 is 1.90 bits per heavy atom. The van der Waals surface area contributed by atoms with Crippen molar-refractivity contribution in [2.45, 2.75) is 32.3 Å². The summed E-state index contributed by atoms with van der Waals surface area (Å²) in [6.45, 7) is 12.9. The number of ether oxygens (including phenoxy) is 2. The summed E-state index contributed by atoms with van der Waals surface area (Å²) in [5.74, 6) is -0.698. The van der Waals surface area contributed by atoms with Gasteiger partial charge in [0.2, 0.25) is 5.78 Å². The van der Waals surface area contributed by atoms with Crippen LogP contribution < -0.4 is 0 Å². The van der Waals surface area contributed by atoms with E-state index in [2.05, 4.69) is 19.7 Å². The molecule has 1 aromatic carbocycles. The van der Waals surface area contributed by atoms with E-state index in [0.717, 1.165) is 5.56 Å². The Hall–Kier alpha value is -3.67. The van der Waals surface area contributed by atoms with Crippen molar-refractivity contribution in [3.8, 4) is 0 Å². The third kappa shape index (κ3) is 4.91. The van der Waals surface area contributed by atoms with Crippen molar-refractivity contribution in [3.63, 3.8) is 0 Å². The summed E-state index contributed by atoms with van der Waals surface area (Å²) in [6.07, 6.45) is 2.16. The molecule has 0 spiro atoms. The number of furan rings is 1. The Morgan fingerprint density at radius 1 is 1.19 bits per heavy atom. The number of hydrogen-bond donors (Lipinski definition) is 0. The van der Waals surface area contributed by atoms with Crippen LogP contribution in [-0.2, 0) is 19.1 Å².